The maximum absolute atomic E-state index is 12.6. The average Bonchev–Trinajstić information content (AvgIpc) is 3.20. The lowest BCUT2D eigenvalue weighted by Crippen LogP contribution is -2.40. The van der Waals surface area contributed by atoms with Crippen molar-refractivity contribution in [1.29, 1.82) is 0 Å². The molecule has 1 aliphatic rings. The number of imidazole rings is 1. The van der Waals surface area contributed by atoms with Crippen molar-refractivity contribution in [3.05, 3.63) is 46.5 Å². The molecule has 3 rings (SSSR count). The van der Waals surface area contributed by atoms with Crippen LogP contribution in [-0.2, 0) is 4.79 Å². The van der Waals surface area contributed by atoms with Gasteiger partial charge in [0, 0.05) is 19.0 Å². The van der Waals surface area contributed by atoms with Gasteiger partial charge in [-0.3, -0.25) is 14.4 Å². The van der Waals surface area contributed by atoms with Gasteiger partial charge in [0.1, 0.15) is 5.69 Å². The summed E-state index contributed by atoms with van der Waals surface area (Å²) >= 11 is 6.19. The predicted octanol–water partition coefficient (Wildman–Crippen LogP) is 2.66. The first-order valence-corrected chi connectivity index (χ1v) is 9.90. The molecule has 1 saturated carbocycles. The number of benzene rings is 1. The zero-order valence-electron chi connectivity index (χ0n) is 16.3. The fourth-order valence-corrected chi connectivity index (χ4v) is 3.76. The molecular formula is C20H24ClN5O3. The van der Waals surface area contributed by atoms with Crippen LogP contribution in [0.15, 0.2) is 24.5 Å². The molecule has 1 aromatic carbocycles. The third kappa shape index (κ3) is 4.95. The number of amides is 3. The fourth-order valence-electron chi connectivity index (χ4n) is 3.47. The molecule has 0 aliphatic heterocycles. The first-order chi connectivity index (χ1) is 13.9. The maximum atomic E-state index is 12.6. The number of nitrogens with one attached hydrogen (secondary N) is 4. The summed E-state index contributed by atoms with van der Waals surface area (Å²) in [5.74, 6) is -0.992. The minimum atomic E-state index is -0.400. The second-order valence-corrected chi connectivity index (χ2v) is 7.61. The highest BCUT2D eigenvalue weighted by Crippen LogP contribution is 2.28. The van der Waals surface area contributed by atoms with Crippen molar-refractivity contribution < 1.29 is 14.4 Å². The van der Waals surface area contributed by atoms with Crippen LogP contribution in [0.5, 0.6) is 0 Å². The molecule has 9 heteroatoms. The van der Waals surface area contributed by atoms with Gasteiger partial charge in [-0.15, -0.1) is 0 Å². The molecule has 1 fully saturated rings. The number of aromatic nitrogens is 2. The van der Waals surface area contributed by atoms with Gasteiger partial charge in [-0.25, -0.2) is 4.98 Å². The number of carbonyl (C=O) groups excluding carboxylic acids is 3. The van der Waals surface area contributed by atoms with Crippen LogP contribution in [0.3, 0.4) is 0 Å². The van der Waals surface area contributed by atoms with Crippen LogP contribution in [-0.4, -0.2) is 40.8 Å². The van der Waals surface area contributed by atoms with Gasteiger partial charge in [-0.05, 0) is 50.3 Å². The van der Waals surface area contributed by atoms with Gasteiger partial charge in [-0.2, -0.15) is 0 Å². The predicted molar refractivity (Wildman–Crippen MR) is 110 cm³/mol. The number of rotatable bonds is 5. The second kappa shape index (κ2) is 9.09. The molecule has 1 aromatic heterocycles. The van der Waals surface area contributed by atoms with E-state index < -0.39 is 11.8 Å². The highest BCUT2D eigenvalue weighted by atomic mass is 35.5. The van der Waals surface area contributed by atoms with E-state index in [-0.39, 0.29) is 29.3 Å². The molecule has 0 saturated heterocycles. The van der Waals surface area contributed by atoms with Crippen molar-refractivity contribution in [2.75, 3.05) is 12.4 Å². The Balaban J connectivity index is 1.52. The van der Waals surface area contributed by atoms with Gasteiger partial charge in [0.15, 0.2) is 5.69 Å². The topological polar surface area (TPSA) is 116 Å². The normalized spacial score (nSPS) is 18.7. The van der Waals surface area contributed by atoms with Crippen molar-refractivity contribution in [2.45, 2.75) is 38.6 Å². The number of halogens is 1. The van der Waals surface area contributed by atoms with Crippen LogP contribution >= 0.6 is 11.6 Å². The molecule has 0 radical (unpaired) electrons. The second-order valence-electron chi connectivity index (χ2n) is 7.20. The smallest absolute Gasteiger partial charge is 0.272 e. The Morgan fingerprint density at radius 1 is 1.14 bits per heavy atom. The Morgan fingerprint density at radius 2 is 1.86 bits per heavy atom. The molecule has 3 amide bonds. The Bertz CT molecular complexity index is 919. The van der Waals surface area contributed by atoms with Crippen LogP contribution in [0.1, 0.15) is 52.2 Å². The van der Waals surface area contributed by atoms with E-state index in [0.29, 0.717) is 36.4 Å². The lowest BCUT2D eigenvalue weighted by Gasteiger charge is -2.28. The number of aryl methyl sites for hydroxylation is 1. The zero-order valence-corrected chi connectivity index (χ0v) is 17.1. The van der Waals surface area contributed by atoms with Crippen molar-refractivity contribution in [3.63, 3.8) is 0 Å². The number of anilines is 1. The molecule has 2 aromatic rings. The van der Waals surface area contributed by atoms with Crippen LogP contribution in [0.2, 0.25) is 5.02 Å². The minimum Gasteiger partial charge on any atom is -0.354 e. The zero-order chi connectivity index (χ0) is 21.0. The monoisotopic (exact) mass is 417 g/mol. The molecule has 154 valence electrons. The molecule has 29 heavy (non-hydrogen) atoms. The van der Waals surface area contributed by atoms with Crippen LogP contribution in [0, 0.1) is 12.8 Å². The van der Waals surface area contributed by atoms with E-state index in [2.05, 4.69) is 25.9 Å². The van der Waals surface area contributed by atoms with E-state index in [4.69, 9.17) is 11.6 Å². The van der Waals surface area contributed by atoms with Crippen LogP contribution in [0.25, 0.3) is 0 Å². The Morgan fingerprint density at radius 3 is 2.52 bits per heavy atom. The van der Waals surface area contributed by atoms with Crippen molar-refractivity contribution >= 4 is 35.0 Å². The molecule has 1 aliphatic carbocycles. The third-order valence-corrected chi connectivity index (χ3v) is 5.44. The molecule has 0 atom stereocenters. The number of H-pyrrole nitrogens is 1. The molecule has 1 heterocycles. The van der Waals surface area contributed by atoms with Gasteiger partial charge in [-0.1, -0.05) is 17.7 Å². The van der Waals surface area contributed by atoms with Gasteiger partial charge in [0.2, 0.25) is 5.91 Å². The van der Waals surface area contributed by atoms with E-state index in [1.807, 2.05) is 19.1 Å². The number of nitrogens with zero attached hydrogens (tertiary/aromatic N) is 1. The summed E-state index contributed by atoms with van der Waals surface area (Å²) in [6.45, 7) is 1.94. The number of aromatic amines is 1. The maximum Gasteiger partial charge on any atom is 0.272 e. The average molecular weight is 418 g/mol. The summed E-state index contributed by atoms with van der Waals surface area (Å²) in [5, 5.41) is 8.79. The van der Waals surface area contributed by atoms with Crippen molar-refractivity contribution in [2.24, 2.45) is 5.92 Å². The lowest BCUT2D eigenvalue weighted by atomic mass is 9.85. The SMILES string of the molecule is CNC(=O)c1[nH]cnc1C(=O)NC1CCC(C(=O)Nc2ccc(C)cc2Cl)CC1. The summed E-state index contributed by atoms with van der Waals surface area (Å²) in [7, 11) is 1.49. The minimum absolute atomic E-state index is 0.0604. The first kappa shape index (κ1) is 20.9. The molecule has 8 nitrogen and oxygen atoms in total. The third-order valence-electron chi connectivity index (χ3n) is 5.12. The largest absolute Gasteiger partial charge is 0.354 e. The van der Waals surface area contributed by atoms with E-state index in [1.165, 1.54) is 13.4 Å². The number of carbonyl (C=O) groups is 3. The van der Waals surface area contributed by atoms with Crippen LogP contribution in [0.4, 0.5) is 5.69 Å². The molecule has 0 spiro atoms. The van der Waals surface area contributed by atoms with Gasteiger partial charge >= 0.3 is 0 Å². The quantitative estimate of drug-likeness (QED) is 0.598. The van der Waals surface area contributed by atoms with Crippen molar-refractivity contribution in [3.8, 4) is 0 Å². The van der Waals surface area contributed by atoms with E-state index >= 15 is 0 Å². The highest BCUT2D eigenvalue weighted by Gasteiger charge is 2.29. The van der Waals surface area contributed by atoms with Crippen molar-refractivity contribution in [1.82, 2.24) is 20.6 Å². The molecular weight excluding hydrogens is 394 g/mol. The summed E-state index contributed by atoms with van der Waals surface area (Å²) < 4.78 is 0. The van der Waals surface area contributed by atoms with Gasteiger partial charge in [0.05, 0.1) is 17.0 Å². The highest BCUT2D eigenvalue weighted by molar-refractivity contribution is 6.33. The number of hydrogen-bond donors (Lipinski definition) is 4. The summed E-state index contributed by atoms with van der Waals surface area (Å²) in [6, 6.07) is 5.45. The fraction of sp³-hybridized carbons (Fsp3) is 0.400. The van der Waals surface area contributed by atoms with E-state index in [9.17, 15) is 14.4 Å². The summed E-state index contributed by atoms with van der Waals surface area (Å²) in [4.78, 5) is 43.4. The van der Waals surface area contributed by atoms with E-state index in [1.54, 1.807) is 6.07 Å². The summed E-state index contributed by atoms with van der Waals surface area (Å²) in [6.07, 6.45) is 3.97. The lowest BCUT2D eigenvalue weighted by molar-refractivity contribution is -0.120. The summed E-state index contributed by atoms with van der Waals surface area (Å²) in [5.41, 5.74) is 1.84. The first-order valence-electron chi connectivity index (χ1n) is 9.52. The Labute approximate surface area is 173 Å². The number of hydrogen-bond acceptors (Lipinski definition) is 4. The van der Waals surface area contributed by atoms with Gasteiger partial charge < -0.3 is 20.9 Å². The molecule has 0 unspecified atom stereocenters. The Hall–Kier alpha value is -2.87. The standard InChI is InChI=1S/C20H24ClN5O3/c1-11-3-8-15(14(21)9-11)26-18(27)12-4-6-13(7-5-12)25-20(29)17-16(19(28)22-2)23-10-24-17/h3,8-10,12-13H,4-7H2,1-2H3,(H,22,28)(H,23,24)(H,25,29)(H,26,27). The van der Waals surface area contributed by atoms with E-state index in [0.717, 1.165) is 5.56 Å². The van der Waals surface area contributed by atoms with Gasteiger partial charge in [0.25, 0.3) is 11.8 Å². The Kier molecular flexibility index (Phi) is 6.53. The molecule has 0 bridgehead atoms. The molecule has 4 N–H and O–H groups in total. The van der Waals surface area contributed by atoms with Crippen LogP contribution < -0.4 is 16.0 Å².